The van der Waals surface area contributed by atoms with Gasteiger partial charge in [0.05, 0.1) is 11.8 Å². The maximum atomic E-state index is 13.0. The molecule has 0 bridgehead atoms. The molecule has 0 saturated carbocycles. The summed E-state index contributed by atoms with van der Waals surface area (Å²) in [5.74, 6) is 0.728. The van der Waals surface area contributed by atoms with Crippen molar-refractivity contribution in [2.45, 2.75) is 32.1 Å². The van der Waals surface area contributed by atoms with Crippen LogP contribution < -0.4 is 0 Å². The van der Waals surface area contributed by atoms with Crippen LogP contribution in [0.5, 0.6) is 0 Å². The molecular weight excluding hydrogens is 372 g/mol. The number of nitrogens with one attached hydrogen (secondary N) is 1. The Morgan fingerprint density at radius 1 is 1.24 bits per heavy atom. The highest BCUT2D eigenvalue weighted by Gasteiger charge is 2.30. The Bertz CT molecular complexity index is 1020. The van der Waals surface area contributed by atoms with Crippen molar-refractivity contribution < 1.29 is 19.1 Å². The van der Waals surface area contributed by atoms with Crippen molar-refractivity contribution in [1.29, 1.82) is 0 Å². The van der Waals surface area contributed by atoms with E-state index in [1.165, 1.54) is 6.26 Å². The van der Waals surface area contributed by atoms with E-state index in [-0.39, 0.29) is 24.0 Å². The highest BCUT2D eigenvalue weighted by Crippen LogP contribution is 2.29. The van der Waals surface area contributed by atoms with Crippen LogP contribution in [-0.2, 0) is 11.2 Å². The van der Waals surface area contributed by atoms with E-state index in [0.29, 0.717) is 30.0 Å². The fourth-order valence-corrected chi connectivity index (χ4v) is 3.74. The van der Waals surface area contributed by atoms with Gasteiger partial charge in [-0.05, 0) is 19.8 Å². The topological polar surface area (TPSA) is 112 Å². The Morgan fingerprint density at radius 2 is 1.97 bits per heavy atom. The molecule has 0 radical (unpaired) electrons. The second kappa shape index (κ2) is 7.90. The maximum Gasteiger partial charge on any atom is 0.311 e. The molecule has 2 N–H and O–H groups in total. The van der Waals surface area contributed by atoms with Crippen LogP contribution in [0, 0.1) is 6.92 Å². The third-order valence-corrected chi connectivity index (χ3v) is 5.28. The summed E-state index contributed by atoms with van der Waals surface area (Å²) in [4.78, 5) is 30.4. The molecule has 150 valence electrons. The maximum absolute atomic E-state index is 13.0. The van der Waals surface area contributed by atoms with Crippen LogP contribution in [-0.4, -0.2) is 50.2 Å². The lowest BCUT2D eigenvalue weighted by Gasteiger charge is -2.31. The standard InChI is InChI=1S/C21H22N4O4/c1-13-12-29-16(11-17(26)27)18(13)21(28)25-9-7-15(8-10-25)20-22-19(23-24-20)14-5-3-2-4-6-14/h2-6,12,15H,7-11H2,1H3,(H,26,27)(H,22,23,24). The zero-order valence-electron chi connectivity index (χ0n) is 16.1. The summed E-state index contributed by atoms with van der Waals surface area (Å²) in [5.41, 5.74) is 2.00. The molecule has 0 unspecified atom stereocenters. The van der Waals surface area contributed by atoms with Crippen molar-refractivity contribution in [3.8, 4) is 11.4 Å². The Balaban J connectivity index is 1.43. The number of hydrogen-bond donors (Lipinski definition) is 2. The van der Waals surface area contributed by atoms with Gasteiger partial charge in [0.15, 0.2) is 5.82 Å². The van der Waals surface area contributed by atoms with Crippen LogP contribution in [0.1, 0.15) is 46.3 Å². The Labute approximate surface area is 167 Å². The zero-order valence-corrected chi connectivity index (χ0v) is 16.1. The van der Waals surface area contributed by atoms with E-state index >= 15 is 0 Å². The number of carboxylic acids is 1. The molecule has 8 heteroatoms. The molecule has 1 fully saturated rings. The van der Waals surface area contributed by atoms with E-state index in [1.807, 2.05) is 30.3 Å². The number of aromatic amines is 1. The summed E-state index contributed by atoms with van der Waals surface area (Å²) in [6.07, 6.45) is 2.67. The monoisotopic (exact) mass is 394 g/mol. The Hall–Kier alpha value is -3.42. The minimum absolute atomic E-state index is 0.173. The highest BCUT2D eigenvalue weighted by atomic mass is 16.4. The number of amides is 1. The molecule has 1 aliphatic rings. The fourth-order valence-electron chi connectivity index (χ4n) is 3.74. The number of likely N-dealkylation sites (tertiary alicyclic amines) is 1. The summed E-state index contributed by atoms with van der Waals surface area (Å²) < 4.78 is 5.30. The van der Waals surface area contributed by atoms with Crippen LogP contribution >= 0.6 is 0 Å². The summed E-state index contributed by atoms with van der Waals surface area (Å²) >= 11 is 0. The van der Waals surface area contributed by atoms with Gasteiger partial charge in [-0.1, -0.05) is 30.3 Å². The molecule has 3 heterocycles. The number of rotatable bonds is 5. The molecule has 4 rings (SSSR count). The minimum atomic E-state index is -1.02. The van der Waals surface area contributed by atoms with Crippen LogP contribution in [0.2, 0.25) is 0 Å². The first-order valence-electron chi connectivity index (χ1n) is 9.58. The molecular formula is C21H22N4O4. The summed E-state index contributed by atoms with van der Waals surface area (Å²) in [5, 5.41) is 16.4. The molecule has 1 aromatic carbocycles. The zero-order chi connectivity index (χ0) is 20.4. The van der Waals surface area contributed by atoms with Crippen molar-refractivity contribution in [2.75, 3.05) is 13.1 Å². The number of piperidine rings is 1. The van der Waals surface area contributed by atoms with Crippen molar-refractivity contribution in [2.24, 2.45) is 0 Å². The van der Waals surface area contributed by atoms with Crippen molar-refractivity contribution >= 4 is 11.9 Å². The van der Waals surface area contributed by atoms with E-state index in [9.17, 15) is 9.59 Å². The number of aromatic nitrogens is 3. The number of furan rings is 1. The third kappa shape index (κ3) is 3.91. The smallest absolute Gasteiger partial charge is 0.311 e. The predicted octanol–water partition coefficient (Wildman–Crippen LogP) is 3.02. The molecule has 0 aliphatic carbocycles. The number of aryl methyl sites for hydroxylation is 1. The van der Waals surface area contributed by atoms with Gasteiger partial charge in [0.1, 0.15) is 18.0 Å². The number of carbonyl (C=O) groups is 2. The minimum Gasteiger partial charge on any atom is -0.481 e. The van der Waals surface area contributed by atoms with Gasteiger partial charge in [0, 0.05) is 30.1 Å². The third-order valence-electron chi connectivity index (χ3n) is 5.28. The number of carboxylic acid groups (broad SMARTS) is 1. The Kier molecular flexibility index (Phi) is 5.16. The number of benzene rings is 1. The first-order chi connectivity index (χ1) is 14.0. The van der Waals surface area contributed by atoms with E-state index < -0.39 is 5.97 Å². The van der Waals surface area contributed by atoms with Gasteiger partial charge in [0.2, 0.25) is 0 Å². The van der Waals surface area contributed by atoms with Crippen LogP contribution in [0.3, 0.4) is 0 Å². The average Bonchev–Trinajstić information content (AvgIpc) is 3.35. The molecule has 8 nitrogen and oxygen atoms in total. The first-order valence-corrected chi connectivity index (χ1v) is 9.58. The lowest BCUT2D eigenvalue weighted by atomic mass is 9.95. The van der Waals surface area contributed by atoms with Gasteiger partial charge in [-0.25, -0.2) is 4.98 Å². The largest absolute Gasteiger partial charge is 0.481 e. The van der Waals surface area contributed by atoms with E-state index in [0.717, 1.165) is 24.2 Å². The van der Waals surface area contributed by atoms with Gasteiger partial charge >= 0.3 is 5.97 Å². The van der Waals surface area contributed by atoms with Crippen LogP contribution in [0.15, 0.2) is 41.0 Å². The fraction of sp³-hybridized carbons (Fsp3) is 0.333. The number of H-pyrrole nitrogens is 1. The van der Waals surface area contributed by atoms with Crippen molar-refractivity contribution in [3.05, 3.63) is 59.3 Å². The average molecular weight is 394 g/mol. The second-order valence-electron chi connectivity index (χ2n) is 7.26. The van der Waals surface area contributed by atoms with E-state index in [1.54, 1.807) is 11.8 Å². The molecule has 0 spiro atoms. The SMILES string of the molecule is Cc1coc(CC(=O)O)c1C(=O)N1CCC(c2nc(-c3ccccc3)n[nH]2)CC1. The lowest BCUT2D eigenvalue weighted by molar-refractivity contribution is -0.136. The number of hydrogen-bond acceptors (Lipinski definition) is 5. The van der Waals surface area contributed by atoms with Crippen molar-refractivity contribution in [1.82, 2.24) is 20.1 Å². The summed E-state index contributed by atoms with van der Waals surface area (Å²) in [7, 11) is 0. The highest BCUT2D eigenvalue weighted by molar-refractivity contribution is 5.97. The van der Waals surface area contributed by atoms with Gasteiger partial charge < -0.3 is 14.4 Å². The summed E-state index contributed by atoms with van der Waals surface area (Å²) in [6, 6.07) is 9.79. The predicted molar refractivity (Wildman–Crippen MR) is 104 cm³/mol. The molecule has 1 saturated heterocycles. The number of carbonyl (C=O) groups excluding carboxylic acids is 1. The lowest BCUT2D eigenvalue weighted by Crippen LogP contribution is -2.38. The molecule has 0 atom stereocenters. The van der Waals surface area contributed by atoms with Gasteiger partial charge in [0.25, 0.3) is 5.91 Å². The van der Waals surface area contributed by atoms with Gasteiger partial charge in [-0.3, -0.25) is 14.7 Å². The molecule has 3 aromatic rings. The molecule has 2 aromatic heterocycles. The molecule has 29 heavy (non-hydrogen) atoms. The number of aliphatic carboxylic acids is 1. The summed E-state index contributed by atoms with van der Waals surface area (Å²) in [6.45, 7) is 2.90. The van der Waals surface area contributed by atoms with Crippen LogP contribution in [0.4, 0.5) is 0 Å². The normalized spacial score (nSPS) is 14.9. The second-order valence-corrected chi connectivity index (χ2v) is 7.26. The van der Waals surface area contributed by atoms with Gasteiger partial charge in [-0.15, -0.1) is 0 Å². The number of nitrogens with zero attached hydrogens (tertiary/aromatic N) is 3. The first kappa shape index (κ1) is 18.9. The Morgan fingerprint density at radius 3 is 2.66 bits per heavy atom. The van der Waals surface area contributed by atoms with Crippen molar-refractivity contribution in [3.63, 3.8) is 0 Å². The van der Waals surface area contributed by atoms with E-state index in [2.05, 4.69) is 15.2 Å². The van der Waals surface area contributed by atoms with E-state index in [4.69, 9.17) is 9.52 Å². The molecule has 1 aliphatic heterocycles. The molecule has 1 amide bonds. The van der Waals surface area contributed by atoms with Crippen LogP contribution in [0.25, 0.3) is 11.4 Å². The van der Waals surface area contributed by atoms with Gasteiger partial charge in [-0.2, -0.15) is 5.10 Å². The quantitative estimate of drug-likeness (QED) is 0.688.